The summed E-state index contributed by atoms with van der Waals surface area (Å²) in [5.74, 6) is 1.48. The van der Waals surface area contributed by atoms with Gasteiger partial charge in [0.1, 0.15) is 12.4 Å². The maximum Gasteiger partial charge on any atom is 0.236 e. The fraction of sp³-hybridized carbons (Fsp3) is 0.200. The van der Waals surface area contributed by atoms with Crippen molar-refractivity contribution in [2.24, 2.45) is 0 Å². The number of benzene rings is 2. The Labute approximate surface area is 220 Å². The van der Waals surface area contributed by atoms with Crippen molar-refractivity contribution >= 4 is 50.1 Å². The van der Waals surface area contributed by atoms with Crippen LogP contribution < -0.4 is 10.1 Å². The maximum absolute atomic E-state index is 12.6. The average Bonchev–Trinajstić information content (AvgIpc) is 3.43. The van der Waals surface area contributed by atoms with Crippen molar-refractivity contribution in [1.82, 2.24) is 19.7 Å². The number of carbonyl (C=O) groups is 1. The van der Waals surface area contributed by atoms with Gasteiger partial charge in [0, 0.05) is 22.0 Å². The smallest absolute Gasteiger partial charge is 0.236 e. The molecule has 0 aliphatic rings. The van der Waals surface area contributed by atoms with Gasteiger partial charge in [-0.15, -0.1) is 28.1 Å². The summed E-state index contributed by atoms with van der Waals surface area (Å²) in [5.41, 5.74) is 4.09. The van der Waals surface area contributed by atoms with E-state index >= 15 is 0 Å². The first-order valence-electron chi connectivity index (χ1n) is 10.8. The number of thioether (sulfide) groups is 1. The lowest BCUT2D eigenvalue weighted by atomic mass is 10.1. The fourth-order valence-corrected chi connectivity index (χ4v) is 5.15. The highest BCUT2D eigenvalue weighted by Crippen LogP contribution is 2.27. The highest BCUT2D eigenvalue weighted by molar-refractivity contribution is 9.10. The molecule has 35 heavy (non-hydrogen) atoms. The Hall–Kier alpha value is -2.95. The van der Waals surface area contributed by atoms with Gasteiger partial charge >= 0.3 is 0 Å². The number of aromatic nitrogens is 4. The Kier molecular flexibility index (Phi) is 8.37. The molecule has 7 nitrogen and oxygen atoms in total. The highest BCUT2D eigenvalue weighted by atomic mass is 79.9. The molecule has 4 rings (SSSR count). The number of aryl methyl sites for hydroxylation is 2. The molecule has 0 spiro atoms. The zero-order chi connectivity index (χ0) is 24.8. The van der Waals surface area contributed by atoms with Gasteiger partial charge in [-0.2, -0.15) is 0 Å². The highest BCUT2D eigenvalue weighted by Gasteiger charge is 2.15. The van der Waals surface area contributed by atoms with Crippen LogP contribution in [0.4, 0.5) is 5.13 Å². The summed E-state index contributed by atoms with van der Waals surface area (Å²) >= 11 is 6.14. The number of nitrogens with one attached hydrogen (secondary N) is 1. The van der Waals surface area contributed by atoms with Crippen molar-refractivity contribution in [2.75, 3.05) is 11.1 Å². The summed E-state index contributed by atoms with van der Waals surface area (Å²) < 4.78 is 8.86. The van der Waals surface area contributed by atoms with Crippen LogP contribution in [-0.4, -0.2) is 31.4 Å². The quantitative estimate of drug-likeness (QED) is 0.179. The van der Waals surface area contributed by atoms with Crippen molar-refractivity contribution in [3.8, 4) is 17.0 Å². The molecular weight excluding hydrogens is 546 g/mol. The van der Waals surface area contributed by atoms with E-state index in [1.54, 1.807) is 6.08 Å². The third kappa shape index (κ3) is 6.81. The van der Waals surface area contributed by atoms with Gasteiger partial charge in [-0.1, -0.05) is 52.0 Å². The first kappa shape index (κ1) is 25.2. The molecule has 0 saturated heterocycles. The van der Waals surface area contributed by atoms with E-state index in [0.717, 1.165) is 32.6 Å². The number of carbonyl (C=O) groups excluding carboxylic acids is 1. The van der Waals surface area contributed by atoms with Crippen LogP contribution >= 0.6 is 39.0 Å². The Morgan fingerprint density at radius 2 is 1.94 bits per heavy atom. The lowest BCUT2D eigenvalue weighted by Crippen LogP contribution is -2.15. The molecule has 1 N–H and O–H groups in total. The van der Waals surface area contributed by atoms with Crippen LogP contribution in [0.5, 0.6) is 5.75 Å². The van der Waals surface area contributed by atoms with Gasteiger partial charge < -0.3 is 10.1 Å². The van der Waals surface area contributed by atoms with Crippen LogP contribution in [0.3, 0.4) is 0 Å². The van der Waals surface area contributed by atoms with E-state index in [9.17, 15) is 4.79 Å². The molecule has 10 heteroatoms. The van der Waals surface area contributed by atoms with Crippen LogP contribution in [0, 0.1) is 13.8 Å². The fourth-order valence-electron chi connectivity index (χ4n) is 3.38. The Morgan fingerprint density at radius 1 is 1.20 bits per heavy atom. The summed E-state index contributed by atoms with van der Waals surface area (Å²) in [4.78, 5) is 17.1. The molecule has 0 aliphatic heterocycles. The zero-order valence-electron chi connectivity index (χ0n) is 19.3. The molecule has 0 saturated carbocycles. The van der Waals surface area contributed by atoms with Crippen LogP contribution in [0.1, 0.15) is 17.0 Å². The molecule has 2 aromatic carbocycles. The second-order valence-electron chi connectivity index (χ2n) is 7.79. The molecule has 1 amide bonds. The predicted molar refractivity (Wildman–Crippen MR) is 145 cm³/mol. The van der Waals surface area contributed by atoms with E-state index in [1.165, 1.54) is 23.1 Å². The van der Waals surface area contributed by atoms with Gasteiger partial charge in [0.15, 0.2) is 16.1 Å². The topological polar surface area (TPSA) is 81.9 Å². The van der Waals surface area contributed by atoms with Gasteiger partial charge in [0.05, 0.1) is 11.4 Å². The van der Waals surface area contributed by atoms with E-state index in [4.69, 9.17) is 4.74 Å². The number of hydrogen-bond acceptors (Lipinski definition) is 7. The monoisotopic (exact) mass is 569 g/mol. The Balaban J connectivity index is 1.35. The molecule has 0 bridgehead atoms. The minimum Gasteiger partial charge on any atom is -0.486 e. The van der Waals surface area contributed by atoms with E-state index in [-0.39, 0.29) is 18.3 Å². The Bertz CT molecular complexity index is 1310. The van der Waals surface area contributed by atoms with Crippen LogP contribution in [0.15, 0.2) is 70.1 Å². The predicted octanol–water partition coefficient (Wildman–Crippen LogP) is 6.28. The summed E-state index contributed by atoms with van der Waals surface area (Å²) in [6.07, 6.45) is 1.77. The number of nitrogens with zero attached hydrogens (tertiary/aromatic N) is 4. The average molecular weight is 571 g/mol. The summed E-state index contributed by atoms with van der Waals surface area (Å²) in [7, 11) is 0. The third-order valence-corrected chi connectivity index (χ3v) is 7.14. The molecule has 0 aliphatic carbocycles. The zero-order valence-corrected chi connectivity index (χ0v) is 22.5. The van der Waals surface area contributed by atoms with Crippen LogP contribution in [0.2, 0.25) is 0 Å². The molecule has 2 heterocycles. The molecule has 0 unspecified atom stereocenters. The van der Waals surface area contributed by atoms with Gasteiger partial charge in [-0.3, -0.25) is 9.36 Å². The van der Waals surface area contributed by atoms with Crippen LogP contribution in [-0.2, 0) is 17.9 Å². The first-order chi connectivity index (χ1) is 16.9. The molecule has 180 valence electrons. The maximum atomic E-state index is 12.6. The standard InChI is InChI=1S/C25H24BrN5O2S2/c1-4-9-31-22(13-33-20-11-16(2)10-17(3)12-20)29-30-25(31)35-15-23(32)28-24-27-21(14-34-24)18-5-7-19(26)8-6-18/h4-8,10-12,14H,1,9,13,15H2,2-3H3,(H,27,28,32). The number of ether oxygens (including phenoxy) is 1. The van der Waals surface area contributed by atoms with E-state index in [0.29, 0.717) is 22.7 Å². The lowest BCUT2D eigenvalue weighted by molar-refractivity contribution is -0.113. The van der Waals surface area contributed by atoms with E-state index in [2.05, 4.69) is 49.1 Å². The number of anilines is 1. The number of amides is 1. The van der Waals surface area contributed by atoms with Crippen molar-refractivity contribution in [3.63, 3.8) is 0 Å². The van der Waals surface area contributed by atoms with Crippen molar-refractivity contribution < 1.29 is 9.53 Å². The van der Waals surface area contributed by atoms with E-state index < -0.39 is 0 Å². The number of hydrogen-bond donors (Lipinski definition) is 1. The number of rotatable bonds is 10. The minimum atomic E-state index is -0.159. The van der Waals surface area contributed by atoms with Gasteiger partial charge in [-0.05, 0) is 49.2 Å². The minimum absolute atomic E-state index is 0.159. The van der Waals surface area contributed by atoms with Gasteiger partial charge in [0.2, 0.25) is 5.91 Å². The molecule has 0 radical (unpaired) electrons. The molecule has 0 fully saturated rings. The Morgan fingerprint density at radius 3 is 2.66 bits per heavy atom. The van der Waals surface area contributed by atoms with Gasteiger partial charge in [0.25, 0.3) is 0 Å². The molecule has 2 aromatic heterocycles. The van der Waals surface area contributed by atoms with Crippen molar-refractivity contribution in [2.45, 2.75) is 32.2 Å². The molecule has 4 aromatic rings. The first-order valence-corrected chi connectivity index (χ1v) is 13.5. The van der Waals surface area contributed by atoms with Crippen molar-refractivity contribution in [3.05, 3.63) is 81.9 Å². The second-order valence-corrected chi connectivity index (χ2v) is 10.5. The normalized spacial score (nSPS) is 10.8. The SMILES string of the molecule is C=CCn1c(COc2cc(C)cc(C)c2)nnc1SCC(=O)Nc1nc(-c2ccc(Br)cc2)cs1. The number of halogens is 1. The molecular formula is C25H24BrN5O2S2. The van der Waals surface area contributed by atoms with Crippen LogP contribution in [0.25, 0.3) is 11.3 Å². The largest absolute Gasteiger partial charge is 0.486 e. The number of allylic oxidation sites excluding steroid dienone is 1. The summed E-state index contributed by atoms with van der Waals surface area (Å²) in [5, 5.41) is 14.5. The second kappa shape index (κ2) is 11.7. The molecule has 0 atom stereocenters. The van der Waals surface area contributed by atoms with E-state index in [1.807, 2.05) is 60.2 Å². The summed E-state index contributed by atoms with van der Waals surface area (Å²) in [6, 6.07) is 14.0. The lowest BCUT2D eigenvalue weighted by Gasteiger charge is -2.10. The third-order valence-electron chi connectivity index (χ3n) is 4.89. The van der Waals surface area contributed by atoms with Crippen molar-refractivity contribution in [1.29, 1.82) is 0 Å². The number of thiazole rings is 1. The van der Waals surface area contributed by atoms with Gasteiger partial charge in [-0.25, -0.2) is 4.98 Å². The summed E-state index contributed by atoms with van der Waals surface area (Å²) in [6.45, 7) is 8.69.